The van der Waals surface area contributed by atoms with Gasteiger partial charge in [0.05, 0.1) is 12.0 Å². The van der Waals surface area contributed by atoms with Gasteiger partial charge in [0.25, 0.3) is 5.91 Å². The molecule has 1 amide bonds. The Morgan fingerprint density at radius 1 is 1.29 bits per heavy atom. The van der Waals surface area contributed by atoms with Crippen LogP contribution in [0.3, 0.4) is 0 Å². The molecule has 1 rings (SSSR count). The molecule has 94 valence electrons. The van der Waals surface area contributed by atoms with Gasteiger partial charge in [0, 0.05) is 7.05 Å². The third kappa shape index (κ3) is 3.54. The Bertz CT molecular complexity index is 493. The first-order chi connectivity index (χ1) is 7.86. The number of carbonyl (C=O) groups is 1. The lowest BCUT2D eigenvalue weighted by Crippen LogP contribution is -2.31. The van der Waals surface area contributed by atoms with Crippen molar-refractivity contribution in [2.24, 2.45) is 0 Å². The number of amides is 1. The van der Waals surface area contributed by atoms with E-state index in [4.69, 9.17) is 0 Å². The van der Waals surface area contributed by atoms with Gasteiger partial charge < -0.3 is 0 Å². The average Bonchev–Trinajstić information content (AvgIpc) is 2.27. The lowest BCUT2D eigenvalue weighted by atomic mass is 10.2. The van der Waals surface area contributed by atoms with Gasteiger partial charge in [-0.05, 0) is 19.1 Å². The van der Waals surface area contributed by atoms with Gasteiger partial charge in [-0.25, -0.2) is 13.5 Å². The van der Waals surface area contributed by atoms with Crippen molar-refractivity contribution in [3.63, 3.8) is 0 Å². The van der Waals surface area contributed by atoms with Gasteiger partial charge in [0.2, 0.25) is 0 Å². The van der Waals surface area contributed by atoms with Gasteiger partial charge in [-0.1, -0.05) is 17.7 Å². The summed E-state index contributed by atoms with van der Waals surface area (Å²) in [5, 5.41) is 0.895. The van der Waals surface area contributed by atoms with Crippen LogP contribution in [0.5, 0.6) is 0 Å². The second kappa shape index (κ2) is 5.29. The summed E-state index contributed by atoms with van der Waals surface area (Å²) in [6.07, 6.45) is 0. The van der Waals surface area contributed by atoms with E-state index in [1.165, 1.54) is 26.3 Å². The van der Waals surface area contributed by atoms with E-state index in [1.807, 2.05) is 6.92 Å². The maximum atomic E-state index is 11.9. The second-order valence-corrected chi connectivity index (χ2v) is 5.64. The Kier molecular flexibility index (Phi) is 4.25. The van der Waals surface area contributed by atoms with Crippen molar-refractivity contribution in [3.8, 4) is 0 Å². The minimum absolute atomic E-state index is 0.140. The zero-order valence-corrected chi connectivity index (χ0v) is 10.8. The number of nitrogens with zero attached hydrogens (tertiary/aromatic N) is 1. The summed E-state index contributed by atoms with van der Waals surface area (Å²) >= 11 is 0. The van der Waals surface area contributed by atoms with Crippen LogP contribution < -0.4 is 0 Å². The van der Waals surface area contributed by atoms with Crippen molar-refractivity contribution in [2.45, 2.75) is 11.8 Å². The van der Waals surface area contributed by atoms with Gasteiger partial charge >= 0.3 is 0 Å². The molecule has 6 heteroatoms. The van der Waals surface area contributed by atoms with Gasteiger partial charge in [-0.2, -0.15) is 0 Å². The van der Waals surface area contributed by atoms with Gasteiger partial charge in [-0.15, -0.1) is 0 Å². The van der Waals surface area contributed by atoms with Crippen LogP contribution in [-0.2, 0) is 19.5 Å². The number of hydrogen-bond acceptors (Lipinski definition) is 4. The van der Waals surface area contributed by atoms with Crippen LogP contribution in [0.2, 0.25) is 0 Å². The third-order valence-electron chi connectivity index (χ3n) is 2.32. The highest BCUT2D eigenvalue weighted by atomic mass is 32.2. The molecule has 0 atom stereocenters. The zero-order chi connectivity index (χ0) is 13.1. The molecule has 0 aliphatic heterocycles. The molecule has 0 heterocycles. The molecule has 17 heavy (non-hydrogen) atoms. The van der Waals surface area contributed by atoms with Crippen LogP contribution in [0.4, 0.5) is 0 Å². The standard InChI is InChI=1S/C11H15NO4S/c1-9-4-6-10(7-5-9)17(14,15)8-11(13)12(2)16-3/h4-7H,8H2,1-3H3. The summed E-state index contributed by atoms with van der Waals surface area (Å²) < 4.78 is 23.7. The van der Waals surface area contributed by atoms with E-state index in [2.05, 4.69) is 4.84 Å². The summed E-state index contributed by atoms with van der Waals surface area (Å²) in [7, 11) is -0.933. The van der Waals surface area contributed by atoms with Crippen LogP contribution in [-0.4, -0.2) is 39.3 Å². The van der Waals surface area contributed by atoms with Crippen molar-refractivity contribution in [2.75, 3.05) is 19.9 Å². The molecule has 0 bridgehead atoms. The van der Waals surface area contributed by atoms with Crippen LogP contribution in [0.25, 0.3) is 0 Å². The molecular formula is C11H15NO4S. The fourth-order valence-electron chi connectivity index (χ4n) is 1.18. The van der Waals surface area contributed by atoms with Gasteiger partial charge in [0.1, 0.15) is 5.75 Å². The van der Waals surface area contributed by atoms with Crippen LogP contribution in [0, 0.1) is 6.92 Å². The molecule has 0 aliphatic rings. The number of rotatable bonds is 4. The molecule has 0 aromatic heterocycles. The van der Waals surface area contributed by atoms with E-state index in [1.54, 1.807) is 12.1 Å². The minimum Gasteiger partial charge on any atom is -0.275 e. The topological polar surface area (TPSA) is 63.7 Å². The van der Waals surface area contributed by atoms with E-state index in [9.17, 15) is 13.2 Å². The molecular weight excluding hydrogens is 242 g/mol. The summed E-state index contributed by atoms with van der Waals surface area (Å²) in [6.45, 7) is 1.86. The fraction of sp³-hybridized carbons (Fsp3) is 0.364. The van der Waals surface area contributed by atoms with Crippen LogP contribution in [0.1, 0.15) is 5.56 Å². The predicted molar refractivity (Wildman–Crippen MR) is 63.0 cm³/mol. The lowest BCUT2D eigenvalue weighted by molar-refractivity contribution is -0.165. The Balaban J connectivity index is 2.89. The van der Waals surface area contributed by atoms with Crippen molar-refractivity contribution >= 4 is 15.7 Å². The minimum atomic E-state index is -3.60. The first-order valence-electron chi connectivity index (χ1n) is 4.97. The number of hydrogen-bond donors (Lipinski definition) is 0. The highest BCUT2D eigenvalue weighted by Gasteiger charge is 2.21. The Morgan fingerprint density at radius 3 is 2.29 bits per heavy atom. The Labute approximate surface area is 101 Å². The maximum Gasteiger partial charge on any atom is 0.261 e. The molecule has 0 fully saturated rings. The van der Waals surface area contributed by atoms with Crippen LogP contribution in [0.15, 0.2) is 29.2 Å². The first-order valence-corrected chi connectivity index (χ1v) is 6.62. The maximum absolute atomic E-state index is 11.9. The summed E-state index contributed by atoms with van der Waals surface area (Å²) in [6, 6.07) is 6.37. The number of hydroxylamine groups is 2. The van der Waals surface area contributed by atoms with Crippen molar-refractivity contribution < 1.29 is 18.0 Å². The highest BCUT2D eigenvalue weighted by molar-refractivity contribution is 7.92. The second-order valence-electron chi connectivity index (χ2n) is 3.65. The van der Waals surface area contributed by atoms with Crippen molar-refractivity contribution in [1.29, 1.82) is 0 Å². The zero-order valence-electron chi connectivity index (χ0n) is 10.0. The first kappa shape index (κ1) is 13.7. The molecule has 1 aromatic carbocycles. The molecule has 0 saturated heterocycles. The van der Waals surface area contributed by atoms with E-state index in [0.717, 1.165) is 10.6 Å². The number of aryl methyl sites for hydroxylation is 1. The monoisotopic (exact) mass is 257 g/mol. The largest absolute Gasteiger partial charge is 0.275 e. The molecule has 0 unspecified atom stereocenters. The Hall–Kier alpha value is -1.40. The summed E-state index contributed by atoms with van der Waals surface area (Å²) in [5.74, 6) is -1.20. The molecule has 0 saturated carbocycles. The lowest BCUT2D eigenvalue weighted by Gasteiger charge is -2.13. The summed E-state index contributed by atoms with van der Waals surface area (Å²) in [4.78, 5) is 16.2. The smallest absolute Gasteiger partial charge is 0.261 e. The number of carbonyl (C=O) groups excluding carboxylic acids is 1. The normalized spacial score (nSPS) is 11.2. The van der Waals surface area contributed by atoms with E-state index < -0.39 is 21.5 Å². The molecule has 1 aromatic rings. The molecule has 0 spiro atoms. The predicted octanol–water partition coefficient (Wildman–Crippen LogP) is 0.789. The SMILES string of the molecule is CON(C)C(=O)CS(=O)(=O)c1ccc(C)cc1. The van der Waals surface area contributed by atoms with E-state index >= 15 is 0 Å². The highest BCUT2D eigenvalue weighted by Crippen LogP contribution is 2.12. The molecule has 0 N–H and O–H groups in total. The van der Waals surface area contributed by atoms with E-state index in [0.29, 0.717) is 0 Å². The fourth-order valence-corrected chi connectivity index (χ4v) is 2.41. The molecule has 0 aliphatic carbocycles. The summed E-state index contributed by atoms with van der Waals surface area (Å²) in [5.41, 5.74) is 0.962. The van der Waals surface area contributed by atoms with E-state index in [-0.39, 0.29) is 4.90 Å². The third-order valence-corrected chi connectivity index (χ3v) is 3.94. The quantitative estimate of drug-likeness (QED) is 0.748. The van der Waals surface area contributed by atoms with Crippen molar-refractivity contribution in [3.05, 3.63) is 29.8 Å². The Morgan fingerprint density at radius 2 is 1.82 bits per heavy atom. The van der Waals surface area contributed by atoms with Gasteiger partial charge in [0.15, 0.2) is 9.84 Å². The molecule has 0 radical (unpaired) electrons. The van der Waals surface area contributed by atoms with Crippen LogP contribution >= 0.6 is 0 Å². The average molecular weight is 257 g/mol. The van der Waals surface area contributed by atoms with Gasteiger partial charge in [-0.3, -0.25) is 9.63 Å². The number of benzene rings is 1. The van der Waals surface area contributed by atoms with Crippen molar-refractivity contribution in [1.82, 2.24) is 5.06 Å². The number of sulfone groups is 1. The molecule has 5 nitrogen and oxygen atoms in total.